The molecule has 1 saturated carbocycles. The predicted octanol–water partition coefficient (Wildman–Crippen LogP) is 9.35. The fourth-order valence-electron chi connectivity index (χ4n) is 4.84. The molecular formula is C33H38F6O4. The Morgan fingerprint density at radius 3 is 1.88 bits per heavy atom. The van der Waals surface area contributed by atoms with E-state index in [0.29, 0.717) is 41.5 Å². The van der Waals surface area contributed by atoms with Gasteiger partial charge in [-0.3, -0.25) is 0 Å². The van der Waals surface area contributed by atoms with Gasteiger partial charge < -0.3 is 9.47 Å². The quantitative estimate of drug-likeness (QED) is 0.161. The van der Waals surface area contributed by atoms with Crippen molar-refractivity contribution in [3.05, 3.63) is 95.1 Å². The van der Waals surface area contributed by atoms with Gasteiger partial charge in [0.25, 0.3) is 0 Å². The molecule has 0 radical (unpaired) electrons. The fraction of sp³-hybridized carbons (Fsp3) is 0.455. The minimum atomic E-state index is -4.38. The Hall–Kier alpha value is -3.56. The molecule has 4 nitrogen and oxygen atoms in total. The molecule has 1 fully saturated rings. The average Bonchev–Trinajstić information content (AvgIpc) is 3.34. The van der Waals surface area contributed by atoms with Crippen LogP contribution in [0.1, 0.15) is 81.5 Å². The predicted molar refractivity (Wildman–Crippen MR) is 152 cm³/mol. The molecule has 1 aliphatic rings. The third kappa shape index (κ3) is 11.2. The van der Waals surface area contributed by atoms with Gasteiger partial charge >= 0.3 is 24.3 Å². The first-order valence-electron chi connectivity index (χ1n) is 13.8. The summed E-state index contributed by atoms with van der Waals surface area (Å²) in [6, 6.07) is 12.4. The largest absolute Gasteiger partial charge is 0.455 e. The highest BCUT2D eigenvalue weighted by Crippen LogP contribution is 2.39. The van der Waals surface area contributed by atoms with Crippen LogP contribution in [0.5, 0.6) is 0 Å². The van der Waals surface area contributed by atoms with E-state index in [1.54, 1.807) is 50.2 Å². The minimum Gasteiger partial charge on any atom is -0.455 e. The molecule has 0 amide bonds. The molecule has 0 aliphatic heterocycles. The zero-order chi connectivity index (χ0) is 32.6. The number of alkyl halides is 6. The van der Waals surface area contributed by atoms with Crippen LogP contribution in [0, 0.1) is 6.92 Å². The molecule has 0 saturated heterocycles. The average molecular weight is 613 g/mol. The summed E-state index contributed by atoms with van der Waals surface area (Å²) in [4.78, 5) is 23.5. The van der Waals surface area contributed by atoms with Crippen LogP contribution in [0.2, 0.25) is 0 Å². The molecule has 1 aliphatic carbocycles. The summed E-state index contributed by atoms with van der Waals surface area (Å²) >= 11 is 0. The molecule has 0 bridgehead atoms. The van der Waals surface area contributed by atoms with E-state index in [2.05, 4.69) is 13.2 Å². The number of esters is 2. The van der Waals surface area contributed by atoms with Crippen LogP contribution >= 0.6 is 0 Å². The maximum absolute atomic E-state index is 13.0. The van der Waals surface area contributed by atoms with Crippen molar-refractivity contribution < 1.29 is 45.4 Å². The van der Waals surface area contributed by atoms with Crippen LogP contribution in [0.3, 0.4) is 0 Å². The lowest BCUT2D eigenvalue weighted by molar-refractivity contribution is -0.167. The Labute approximate surface area is 248 Å². The molecule has 0 N–H and O–H groups in total. The lowest BCUT2D eigenvalue weighted by Gasteiger charge is -2.30. The first-order valence-corrected chi connectivity index (χ1v) is 13.8. The van der Waals surface area contributed by atoms with Crippen molar-refractivity contribution in [2.45, 2.75) is 96.2 Å². The Balaban J connectivity index is 0.000000304. The van der Waals surface area contributed by atoms with Crippen LogP contribution in [0.4, 0.5) is 26.3 Å². The number of ether oxygens (including phenoxy) is 2. The Bertz CT molecular complexity index is 1290. The van der Waals surface area contributed by atoms with Crippen molar-refractivity contribution in [2.24, 2.45) is 0 Å². The van der Waals surface area contributed by atoms with Gasteiger partial charge in [0, 0.05) is 24.0 Å². The number of hydrogen-bond donors (Lipinski definition) is 0. The number of hydrogen-bond acceptors (Lipinski definition) is 4. The highest BCUT2D eigenvalue weighted by atomic mass is 19.4. The van der Waals surface area contributed by atoms with Gasteiger partial charge in [0.2, 0.25) is 0 Å². The van der Waals surface area contributed by atoms with E-state index in [1.807, 2.05) is 0 Å². The number of halogens is 6. The van der Waals surface area contributed by atoms with E-state index >= 15 is 0 Å². The summed E-state index contributed by atoms with van der Waals surface area (Å²) in [5, 5.41) is 0. The number of carbonyl (C=O) groups excluding carboxylic acids is 2. The normalized spacial score (nSPS) is 15.9. The van der Waals surface area contributed by atoms with Crippen LogP contribution < -0.4 is 0 Å². The summed E-state index contributed by atoms with van der Waals surface area (Å²) < 4.78 is 87.1. The minimum absolute atomic E-state index is 0.152. The van der Waals surface area contributed by atoms with E-state index in [1.165, 1.54) is 13.8 Å². The summed E-state index contributed by atoms with van der Waals surface area (Å²) in [6.07, 6.45) is -6.59. The van der Waals surface area contributed by atoms with Crippen molar-refractivity contribution in [1.82, 2.24) is 0 Å². The molecule has 2 aromatic carbocycles. The molecular weight excluding hydrogens is 574 g/mol. The summed E-state index contributed by atoms with van der Waals surface area (Å²) in [5.74, 6) is -1.17. The third-order valence-electron chi connectivity index (χ3n) is 7.10. The van der Waals surface area contributed by atoms with Gasteiger partial charge in [-0.15, -0.1) is 0 Å². The lowest BCUT2D eigenvalue weighted by Crippen LogP contribution is -2.34. The molecule has 2 aromatic rings. The standard InChI is InChI=1S/C18H21F3O2.C15H17F3O2/c1-12(2)16(22)23-17(6-4-5-7-17)11-14-8-13(3)9-15(10-14)18(19,20)21;1-11(2)13(19)20-14(3,9-10-15(16,17)18)12-7-5-4-6-8-12/h8-10H,1,4-7,11H2,2-3H3;4-8H,1,9-10H2,2-3H3. The molecule has 0 heterocycles. The molecule has 1 atom stereocenters. The fourth-order valence-corrected chi connectivity index (χ4v) is 4.84. The van der Waals surface area contributed by atoms with Gasteiger partial charge in [-0.1, -0.05) is 55.1 Å². The third-order valence-corrected chi connectivity index (χ3v) is 7.10. The second-order valence-electron chi connectivity index (χ2n) is 11.3. The summed E-state index contributed by atoms with van der Waals surface area (Å²) in [7, 11) is 0. The van der Waals surface area contributed by atoms with Crippen molar-refractivity contribution in [2.75, 3.05) is 0 Å². The molecule has 1 unspecified atom stereocenters. The van der Waals surface area contributed by atoms with E-state index in [0.717, 1.165) is 25.0 Å². The topological polar surface area (TPSA) is 52.6 Å². The van der Waals surface area contributed by atoms with E-state index < -0.39 is 47.5 Å². The molecule has 236 valence electrons. The van der Waals surface area contributed by atoms with Crippen molar-refractivity contribution in [3.63, 3.8) is 0 Å². The van der Waals surface area contributed by atoms with Gasteiger partial charge in [-0.25, -0.2) is 9.59 Å². The number of rotatable bonds is 9. The number of carbonyl (C=O) groups is 2. The van der Waals surface area contributed by atoms with Crippen molar-refractivity contribution in [3.8, 4) is 0 Å². The van der Waals surface area contributed by atoms with Gasteiger partial charge in [-0.05, 0) is 83.1 Å². The second kappa shape index (κ2) is 14.3. The molecule has 0 aromatic heterocycles. The SMILES string of the molecule is C=C(C)C(=O)OC(C)(CCC(F)(F)F)c1ccccc1.C=C(C)C(=O)OC1(Cc2cc(C)cc(C(F)(F)F)c2)CCCC1. The van der Waals surface area contributed by atoms with Crippen molar-refractivity contribution >= 4 is 11.9 Å². The highest BCUT2D eigenvalue weighted by Gasteiger charge is 2.39. The van der Waals surface area contributed by atoms with Crippen LogP contribution in [0.25, 0.3) is 0 Å². The lowest BCUT2D eigenvalue weighted by atomic mass is 9.90. The first-order chi connectivity index (χ1) is 19.8. The molecule has 0 spiro atoms. The van der Waals surface area contributed by atoms with Gasteiger partial charge in [0.1, 0.15) is 11.2 Å². The maximum atomic E-state index is 13.0. The van der Waals surface area contributed by atoms with Crippen molar-refractivity contribution in [1.29, 1.82) is 0 Å². The van der Waals surface area contributed by atoms with Gasteiger partial charge in [0.15, 0.2) is 0 Å². The van der Waals surface area contributed by atoms with Gasteiger partial charge in [-0.2, -0.15) is 26.3 Å². The smallest absolute Gasteiger partial charge is 0.416 e. The second-order valence-corrected chi connectivity index (χ2v) is 11.3. The number of aryl methyl sites for hydroxylation is 1. The van der Waals surface area contributed by atoms with E-state index in [9.17, 15) is 35.9 Å². The molecule has 43 heavy (non-hydrogen) atoms. The number of benzene rings is 2. The molecule has 3 rings (SSSR count). The zero-order valence-electron chi connectivity index (χ0n) is 24.9. The Kier molecular flexibility index (Phi) is 11.8. The van der Waals surface area contributed by atoms with E-state index in [4.69, 9.17) is 9.47 Å². The highest BCUT2D eigenvalue weighted by molar-refractivity contribution is 5.87. The monoisotopic (exact) mass is 612 g/mol. The zero-order valence-corrected chi connectivity index (χ0v) is 24.9. The summed E-state index contributed by atoms with van der Waals surface area (Å²) in [6.45, 7) is 13.2. The van der Waals surface area contributed by atoms with Crippen LogP contribution in [-0.2, 0) is 37.3 Å². The Morgan fingerprint density at radius 2 is 1.40 bits per heavy atom. The Morgan fingerprint density at radius 1 is 0.837 bits per heavy atom. The first kappa shape index (κ1) is 35.6. The maximum Gasteiger partial charge on any atom is 0.416 e. The van der Waals surface area contributed by atoms with Crippen LogP contribution in [0.15, 0.2) is 72.8 Å². The van der Waals surface area contributed by atoms with Gasteiger partial charge in [0.05, 0.1) is 5.56 Å². The van der Waals surface area contributed by atoms with E-state index in [-0.39, 0.29) is 12.0 Å². The molecule has 10 heteroatoms. The summed E-state index contributed by atoms with van der Waals surface area (Å²) in [5.41, 5.74) is -0.621. The van der Waals surface area contributed by atoms with Crippen LogP contribution in [-0.4, -0.2) is 23.7 Å².